The van der Waals surface area contributed by atoms with Gasteiger partial charge < -0.3 is 9.88 Å². The Morgan fingerprint density at radius 3 is 3.15 bits per heavy atom. The van der Waals surface area contributed by atoms with Gasteiger partial charge >= 0.3 is 0 Å². The largest absolute Gasteiger partial charge is 0.362 e. The fraction of sp³-hybridized carbons (Fsp3) is 0.429. The summed E-state index contributed by atoms with van der Waals surface area (Å²) in [7, 11) is 0. The van der Waals surface area contributed by atoms with Crippen LogP contribution in [0, 0.1) is 11.3 Å². The Hall–Kier alpha value is -2.42. The molecule has 6 nitrogen and oxygen atoms in total. The van der Waals surface area contributed by atoms with E-state index in [1.165, 1.54) is 19.3 Å². The van der Waals surface area contributed by atoms with Crippen LogP contribution in [0.4, 0.5) is 5.82 Å². The number of hydrogen-bond donors (Lipinski definition) is 1. The molecule has 102 valence electrons. The molecule has 0 aliphatic carbocycles. The first-order chi connectivity index (χ1) is 9.88. The van der Waals surface area contributed by atoms with Gasteiger partial charge in [0.25, 0.3) is 0 Å². The molecule has 1 N–H and O–H groups in total. The minimum atomic E-state index is 0.540. The van der Waals surface area contributed by atoms with Crippen LogP contribution in [0.2, 0.25) is 0 Å². The number of rotatable bonds is 3. The van der Waals surface area contributed by atoms with Gasteiger partial charge in [-0.1, -0.05) is 6.42 Å². The van der Waals surface area contributed by atoms with Crippen molar-refractivity contribution in [2.24, 2.45) is 0 Å². The zero-order valence-electron chi connectivity index (χ0n) is 11.2. The molecule has 6 heteroatoms. The van der Waals surface area contributed by atoms with Crippen LogP contribution in [0.3, 0.4) is 0 Å². The number of fused-ring (bicyclic) bond motifs is 1. The Labute approximate surface area is 117 Å². The van der Waals surface area contributed by atoms with Crippen LogP contribution in [0.15, 0.2) is 18.3 Å². The molecule has 1 aliphatic heterocycles. The normalized spacial score (nSPS) is 14.2. The first-order valence-corrected chi connectivity index (χ1v) is 6.88. The van der Waals surface area contributed by atoms with Gasteiger partial charge in [-0.05, 0) is 25.0 Å². The predicted octanol–water partition coefficient (Wildman–Crippen LogP) is 1.88. The summed E-state index contributed by atoms with van der Waals surface area (Å²) < 4.78 is 2.19. The van der Waals surface area contributed by atoms with E-state index in [1.54, 1.807) is 18.3 Å². The predicted molar refractivity (Wildman–Crippen MR) is 73.9 cm³/mol. The number of nitrogens with zero attached hydrogens (tertiary/aromatic N) is 5. The fourth-order valence-electron chi connectivity index (χ4n) is 2.48. The second kappa shape index (κ2) is 5.70. The molecule has 1 aliphatic rings. The third-order valence-corrected chi connectivity index (χ3v) is 3.53. The van der Waals surface area contributed by atoms with Gasteiger partial charge in [0.05, 0.1) is 12.1 Å². The lowest BCUT2D eigenvalue weighted by molar-refractivity contribution is 0.609. The molecule has 3 rings (SSSR count). The van der Waals surface area contributed by atoms with Crippen LogP contribution in [0.1, 0.15) is 36.5 Å². The average Bonchev–Trinajstić information content (AvgIpc) is 2.72. The lowest BCUT2D eigenvalue weighted by atomic mass is 10.2. The number of aromatic nitrogens is 4. The van der Waals surface area contributed by atoms with Crippen LogP contribution in [0.5, 0.6) is 0 Å². The summed E-state index contributed by atoms with van der Waals surface area (Å²) in [6.07, 6.45) is 6.28. The maximum absolute atomic E-state index is 9.04. The molecule has 0 fully saturated rings. The van der Waals surface area contributed by atoms with Crippen molar-refractivity contribution in [2.45, 2.75) is 38.8 Å². The SMILES string of the molecule is N#Cc1cccnc1NCc1nnc2n1CCCCC2. The van der Waals surface area contributed by atoms with Crippen LogP contribution in [-0.4, -0.2) is 19.7 Å². The zero-order valence-corrected chi connectivity index (χ0v) is 11.2. The van der Waals surface area contributed by atoms with E-state index in [0.29, 0.717) is 17.9 Å². The summed E-state index contributed by atoms with van der Waals surface area (Å²) in [6, 6.07) is 5.64. The van der Waals surface area contributed by atoms with Crippen LogP contribution in [-0.2, 0) is 19.5 Å². The Bertz CT molecular complexity index is 639. The second-order valence-corrected chi connectivity index (χ2v) is 4.86. The summed E-state index contributed by atoms with van der Waals surface area (Å²) in [5.74, 6) is 2.58. The van der Waals surface area contributed by atoms with E-state index >= 15 is 0 Å². The highest BCUT2D eigenvalue weighted by atomic mass is 15.3. The molecule has 2 aromatic heterocycles. The van der Waals surface area contributed by atoms with Crippen molar-refractivity contribution in [1.29, 1.82) is 5.26 Å². The monoisotopic (exact) mass is 268 g/mol. The van der Waals surface area contributed by atoms with Crippen LogP contribution < -0.4 is 5.32 Å². The highest BCUT2D eigenvalue weighted by Gasteiger charge is 2.14. The zero-order chi connectivity index (χ0) is 13.8. The maximum atomic E-state index is 9.04. The molecule has 0 atom stereocenters. The number of hydrogen-bond acceptors (Lipinski definition) is 5. The molecule has 20 heavy (non-hydrogen) atoms. The maximum Gasteiger partial charge on any atom is 0.152 e. The van der Waals surface area contributed by atoms with Crippen molar-refractivity contribution < 1.29 is 0 Å². The van der Waals surface area contributed by atoms with E-state index in [-0.39, 0.29) is 0 Å². The second-order valence-electron chi connectivity index (χ2n) is 4.86. The molecular weight excluding hydrogens is 252 g/mol. The number of nitrogens with one attached hydrogen (secondary N) is 1. The molecule has 0 bridgehead atoms. The highest BCUT2D eigenvalue weighted by molar-refractivity contribution is 5.51. The van der Waals surface area contributed by atoms with Gasteiger partial charge in [0.1, 0.15) is 17.7 Å². The average molecular weight is 268 g/mol. The topological polar surface area (TPSA) is 79.4 Å². The molecule has 0 amide bonds. The molecule has 0 aromatic carbocycles. The lowest BCUT2D eigenvalue weighted by Crippen LogP contribution is -2.11. The molecule has 0 unspecified atom stereocenters. The molecule has 3 heterocycles. The van der Waals surface area contributed by atoms with E-state index < -0.39 is 0 Å². The van der Waals surface area contributed by atoms with E-state index in [1.807, 2.05) is 0 Å². The first kappa shape index (κ1) is 12.6. The molecule has 0 spiro atoms. The molecule has 0 saturated heterocycles. The van der Waals surface area contributed by atoms with Gasteiger partial charge in [-0.3, -0.25) is 0 Å². The Balaban J connectivity index is 1.76. The van der Waals surface area contributed by atoms with E-state index in [2.05, 4.69) is 31.1 Å². The minimum absolute atomic E-state index is 0.540. The van der Waals surface area contributed by atoms with Crippen molar-refractivity contribution in [3.8, 4) is 6.07 Å². The van der Waals surface area contributed by atoms with Gasteiger partial charge in [0, 0.05) is 19.2 Å². The summed E-state index contributed by atoms with van der Waals surface area (Å²) in [6.45, 7) is 1.52. The van der Waals surface area contributed by atoms with Gasteiger partial charge in [-0.25, -0.2) is 4.98 Å². The van der Waals surface area contributed by atoms with Crippen molar-refractivity contribution in [1.82, 2.24) is 19.7 Å². The van der Waals surface area contributed by atoms with Gasteiger partial charge in [-0.2, -0.15) is 5.26 Å². The number of nitriles is 1. The summed E-state index contributed by atoms with van der Waals surface area (Å²) in [5, 5.41) is 20.7. The van der Waals surface area contributed by atoms with Crippen molar-refractivity contribution in [3.63, 3.8) is 0 Å². The number of aryl methyl sites for hydroxylation is 1. The lowest BCUT2D eigenvalue weighted by Gasteiger charge is -2.09. The van der Waals surface area contributed by atoms with Crippen molar-refractivity contribution >= 4 is 5.82 Å². The molecule has 0 radical (unpaired) electrons. The fourth-order valence-corrected chi connectivity index (χ4v) is 2.48. The smallest absolute Gasteiger partial charge is 0.152 e. The molecular formula is C14H16N6. The Morgan fingerprint density at radius 2 is 2.25 bits per heavy atom. The summed E-state index contributed by atoms with van der Waals surface area (Å²) in [5.41, 5.74) is 0.545. The molecule has 0 saturated carbocycles. The first-order valence-electron chi connectivity index (χ1n) is 6.88. The number of pyridine rings is 1. The summed E-state index contributed by atoms with van der Waals surface area (Å²) in [4.78, 5) is 4.19. The Kier molecular flexibility index (Phi) is 3.59. The van der Waals surface area contributed by atoms with E-state index in [0.717, 1.165) is 24.6 Å². The highest BCUT2D eigenvalue weighted by Crippen LogP contribution is 2.16. The molecule has 2 aromatic rings. The van der Waals surface area contributed by atoms with Gasteiger partial charge in [0.2, 0.25) is 0 Å². The van der Waals surface area contributed by atoms with Gasteiger partial charge in [-0.15, -0.1) is 10.2 Å². The van der Waals surface area contributed by atoms with Crippen molar-refractivity contribution in [2.75, 3.05) is 5.32 Å². The third kappa shape index (κ3) is 2.48. The number of anilines is 1. The van der Waals surface area contributed by atoms with E-state index in [9.17, 15) is 0 Å². The Morgan fingerprint density at radius 1 is 1.30 bits per heavy atom. The standard InChI is InChI=1S/C14H16N6/c15-9-11-5-4-7-16-14(11)17-10-13-19-18-12-6-2-1-3-8-20(12)13/h4-5,7H,1-3,6,8,10H2,(H,16,17). The van der Waals surface area contributed by atoms with Crippen molar-refractivity contribution in [3.05, 3.63) is 35.5 Å². The van der Waals surface area contributed by atoms with Crippen LogP contribution in [0.25, 0.3) is 0 Å². The van der Waals surface area contributed by atoms with Gasteiger partial charge in [0.15, 0.2) is 5.82 Å². The summed E-state index contributed by atoms with van der Waals surface area (Å²) >= 11 is 0. The quantitative estimate of drug-likeness (QED) is 0.919. The van der Waals surface area contributed by atoms with E-state index in [4.69, 9.17) is 5.26 Å². The van der Waals surface area contributed by atoms with Crippen LogP contribution >= 0.6 is 0 Å². The minimum Gasteiger partial charge on any atom is -0.362 e. The third-order valence-electron chi connectivity index (χ3n) is 3.53.